The molecule has 0 unspecified atom stereocenters. The Balaban J connectivity index is 1.35. The van der Waals surface area contributed by atoms with Crippen LogP contribution in [0, 0.1) is 11.7 Å². The van der Waals surface area contributed by atoms with Gasteiger partial charge in [0.25, 0.3) is 11.8 Å². The van der Waals surface area contributed by atoms with Crippen LogP contribution >= 0.6 is 15.9 Å². The Morgan fingerprint density at radius 2 is 1.94 bits per heavy atom. The Bertz CT molecular complexity index is 956. The number of rotatable bonds is 7. The molecular weight excluding hydrogens is 469 g/mol. The Hall–Kier alpha value is -2.75. The smallest absolute Gasteiger partial charge is 0.254 e. The summed E-state index contributed by atoms with van der Waals surface area (Å²) in [6.45, 7) is 1.99. The number of amides is 3. The number of halogens is 2. The minimum absolute atomic E-state index is 0.0311. The minimum atomic E-state index is -0.496. The molecule has 1 aromatic carbocycles. The second kappa shape index (κ2) is 10.5. The van der Waals surface area contributed by atoms with Crippen molar-refractivity contribution in [2.75, 3.05) is 26.2 Å². The second-order valence-corrected chi connectivity index (χ2v) is 8.42. The summed E-state index contributed by atoms with van der Waals surface area (Å²) in [6.07, 6.45) is 5.00. The second-order valence-electron chi connectivity index (χ2n) is 7.57. The van der Waals surface area contributed by atoms with E-state index in [0.717, 1.165) is 18.9 Å². The van der Waals surface area contributed by atoms with Gasteiger partial charge >= 0.3 is 0 Å². The van der Waals surface area contributed by atoms with Crippen LogP contribution in [-0.4, -0.2) is 58.6 Å². The molecule has 2 heterocycles. The van der Waals surface area contributed by atoms with Crippen molar-refractivity contribution in [3.63, 3.8) is 0 Å². The predicted molar refractivity (Wildman–Crippen MR) is 116 cm³/mol. The molecule has 1 aliphatic heterocycles. The molecular formula is C21H25BrFN5O3. The Morgan fingerprint density at radius 1 is 1.19 bits per heavy atom. The van der Waals surface area contributed by atoms with Crippen LogP contribution in [0.1, 0.15) is 40.0 Å². The van der Waals surface area contributed by atoms with E-state index in [1.807, 2.05) is 0 Å². The molecule has 2 aromatic rings. The van der Waals surface area contributed by atoms with Gasteiger partial charge in [0, 0.05) is 50.3 Å². The molecule has 2 N–H and O–H groups in total. The first-order valence-corrected chi connectivity index (χ1v) is 10.9. The maximum Gasteiger partial charge on any atom is 0.254 e. The van der Waals surface area contributed by atoms with Gasteiger partial charge in [0.15, 0.2) is 0 Å². The number of nitrogens with zero attached hydrogens (tertiary/aromatic N) is 3. The molecule has 1 aliphatic rings. The third kappa shape index (κ3) is 6.36. The lowest BCUT2D eigenvalue weighted by Gasteiger charge is -2.32. The largest absolute Gasteiger partial charge is 0.352 e. The maximum atomic E-state index is 13.3. The van der Waals surface area contributed by atoms with Gasteiger partial charge in [-0.25, -0.2) is 4.39 Å². The fraction of sp³-hybridized carbons (Fsp3) is 0.429. The molecule has 0 bridgehead atoms. The van der Waals surface area contributed by atoms with E-state index >= 15 is 0 Å². The van der Waals surface area contributed by atoms with Crippen LogP contribution in [0.15, 0.2) is 35.1 Å². The van der Waals surface area contributed by atoms with E-state index in [-0.39, 0.29) is 30.3 Å². The van der Waals surface area contributed by atoms with E-state index in [1.165, 1.54) is 18.3 Å². The van der Waals surface area contributed by atoms with Crippen LogP contribution in [0.25, 0.3) is 0 Å². The topological polar surface area (TPSA) is 96.3 Å². The van der Waals surface area contributed by atoms with Gasteiger partial charge in [0.1, 0.15) is 5.82 Å². The minimum Gasteiger partial charge on any atom is -0.352 e. The number of nitrogens with one attached hydrogen (secondary N) is 2. The lowest BCUT2D eigenvalue weighted by Crippen LogP contribution is -2.42. The molecule has 10 heteroatoms. The first kappa shape index (κ1) is 22.9. The fourth-order valence-electron chi connectivity index (χ4n) is 3.47. The molecule has 0 saturated carbocycles. The highest BCUT2D eigenvalue weighted by Crippen LogP contribution is 2.19. The molecule has 0 atom stereocenters. The van der Waals surface area contributed by atoms with E-state index in [9.17, 15) is 18.8 Å². The average molecular weight is 494 g/mol. The van der Waals surface area contributed by atoms with Crippen LogP contribution in [0.4, 0.5) is 4.39 Å². The number of piperidine rings is 1. The molecule has 31 heavy (non-hydrogen) atoms. The van der Waals surface area contributed by atoms with Gasteiger partial charge in [-0.2, -0.15) is 5.10 Å². The van der Waals surface area contributed by atoms with Crippen molar-refractivity contribution < 1.29 is 18.8 Å². The zero-order valence-electron chi connectivity index (χ0n) is 17.2. The standard InChI is InChI=1S/C21H25BrFN5O3/c1-27-13-15(12-26-27)20(30)25-11-14-5-8-28(9-6-14)19(29)4-7-24-21(31)17-10-16(23)2-3-18(17)22/h2-3,10,12-14H,4-9,11H2,1H3,(H,24,31)(H,25,30). The quantitative estimate of drug-likeness (QED) is 0.617. The first-order chi connectivity index (χ1) is 14.8. The number of likely N-dealkylation sites (tertiary alicyclic amines) is 1. The average Bonchev–Trinajstić information content (AvgIpc) is 3.20. The summed E-state index contributed by atoms with van der Waals surface area (Å²) < 4.78 is 15.4. The number of hydrogen-bond acceptors (Lipinski definition) is 4. The molecule has 1 fully saturated rings. The summed E-state index contributed by atoms with van der Waals surface area (Å²) in [5.41, 5.74) is 0.726. The molecule has 3 rings (SSSR count). The van der Waals surface area contributed by atoms with Gasteiger partial charge in [0.05, 0.1) is 17.3 Å². The van der Waals surface area contributed by atoms with E-state index in [0.29, 0.717) is 35.6 Å². The molecule has 1 saturated heterocycles. The van der Waals surface area contributed by atoms with Gasteiger partial charge in [0.2, 0.25) is 5.91 Å². The van der Waals surface area contributed by atoms with Gasteiger partial charge in [-0.15, -0.1) is 0 Å². The Labute approximate surface area is 188 Å². The molecule has 0 aliphatic carbocycles. The Morgan fingerprint density at radius 3 is 2.61 bits per heavy atom. The van der Waals surface area contributed by atoms with Crippen molar-refractivity contribution in [1.82, 2.24) is 25.3 Å². The van der Waals surface area contributed by atoms with E-state index in [1.54, 1.807) is 22.8 Å². The first-order valence-electron chi connectivity index (χ1n) is 10.1. The van der Waals surface area contributed by atoms with Gasteiger partial charge in [-0.05, 0) is 52.9 Å². The number of benzene rings is 1. The lowest BCUT2D eigenvalue weighted by atomic mass is 9.96. The third-order valence-corrected chi connectivity index (χ3v) is 5.97. The highest BCUT2D eigenvalue weighted by Gasteiger charge is 2.23. The molecule has 0 radical (unpaired) electrons. The van der Waals surface area contributed by atoms with Crippen molar-refractivity contribution in [2.45, 2.75) is 19.3 Å². The summed E-state index contributed by atoms with van der Waals surface area (Å²) in [5, 5.41) is 9.57. The van der Waals surface area contributed by atoms with Gasteiger partial charge in [-0.1, -0.05) is 0 Å². The number of aromatic nitrogens is 2. The zero-order chi connectivity index (χ0) is 22.4. The molecule has 8 nitrogen and oxygen atoms in total. The summed E-state index contributed by atoms with van der Waals surface area (Å²) in [4.78, 5) is 38.5. The monoisotopic (exact) mass is 493 g/mol. The summed E-state index contributed by atoms with van der Waals surface area (Å²) in [7, 11) is 1.76. The summed E-state index contributed by atoms with van der Waals surface area (Å²) >= 11 is 3.22. The highest BCUT2D eigenvalue weighted by atomic mass is 79.9. The van der Waals surface area contributed by atoms with Crippen molar-refractivity contribution >= 4 is 33.7 Å². The number of aryl methyl sites for hydroxylation is 1. The lowest BCUT2D eigenvalue weighted by molar-refractivity contribution is -0.132. The van der Waals surface area contributed by atoms with Crippen molar-refractivity contribution in [2.24, 2.45) is 13.0 Å². The molecule has 3 amide bonds. The highest BCUT2D eigenvalue weighted by molar-refractivity contribution is 9.10. The third-order valence-electron chi connectivity index (χ3n) is 5.28. The van der Waals surface area contributed by atoms with Crippen LogP contribution in [0.3, 0.4) is 0 Å². The number of hydrogen-bond donors (Lipinski definition) is 2. The van der Waals surface area contributed by atoms with Crippen LogP contribution in [0.5, 0.6) is 0 Å². The number of carbonyl (C=O) groups excluding carboxylic acids is 3. The Kier molecular flexibility index (Phi) is 7.78. The molecule has 1 aromatic heterocycles. The van der Waals surface area contributed by atoms with Crippen LogP contribution in [0.2, 0.25) is 0 Å². The fourth-order valence-corrected chi connectivity index (χ4v) is 3.90. The summed E-state index contributed by atoms with van der Waals surface area (Å²) in [6, 6.07) is 3.89. The molecule has 0 spiro atoms. The van der Waals surface area contributed by atoms with Crippen molar-refractivity contribution in [3.05, 3.63) is 52.0 Å². The SMILES string of the molecule is Cn1cc(C(=O)NCC2CCN(C(=O)CCNC(=O)c3cc(F)ccc3Br)CC2)cn1. The maximum absolute atomic E-state index is 13.3. The van der Waals surface area contributed by atoms with Crippen LogP contribution in [-0.2, 0) is 11.8 Å². The van der Waals surface area contributed by atoms with E-state index in [2.05, 4.69) is 31.7 Å². The van der Waals surface area contributed by atoms with E-state index in [4.69, 9.17) is 0 Å². The van der Waals surface area contributed by atoms with Crippen molar-refractivity contribution in [3.8, 4) is 0 Å². The zero-order valence-corrected chi connectivity index (χ0v) is 18.8. The summed E-state index contributed by atoms with van der Waals surface area (Å²) in [5.74, 6) is -0.787. The van der Waals surface area contributed by atoms with Crippen LogP contribution < -0.4 is 10.6 Å². The van der Waals surface area contributed by atoms with Crippen molar-refractivity contribution in [1.29, 1.82) is 0 Å². The molecule has 166 valence electrons. The normalized spacial score (nSPS) is 14.4. The van der Waals surface area contributed by atoms with Gasteiger partial charge < -0.3 is 15.5 Å². The van der Waals surface area contributed by atoms with Gasteiger partial charge in [-0.3, -0.25) is 19.1 Å². The number of carbonyl (C=O) groups is 3. The van der Waals surface area contributed by atoms with E-state index < -0.39 is 11.7 Å². The predicted octanol–water partition coefficient (Wildman–Crippen LogP) is 2.11.